The zero-order valence-electron chi connectivity index (χ0n) is 11.3. The van der Waals surface area contributed by atoms with Gasteiger partial charge in [-0.1, -0.05) is 30.6 Å². The van der Waals surface area contributed by atoms with Crippen molar-refractivity contribution in [2.45, 2.75) is 26.7 Å². The van der Waals surface area contributed by atoms with E-state index in [0.29, 0.717) is 10.6 Å². The third-order valence-electron chi connectivity index (χ3n) is 2.93. The first-order valence-corrected chi connectivity index (χ1v) is 6.71. The van der Waals surface area contributed by atoms with Crippen molar-refractivity contribution in [3.63, 3.8) is 0 Å². The van der Waals surface area contributed by atoms with Crippen LogP contribution in [0.4, 0.5) is 0 Å². The number of hydrogen-bond acceptors (Lipinski definition) is 4. The van der Waals surface area contributed by atoms with Crippen LogP contribution in [-0.2, 0) is 12.8 Å². The Labute approximate surface area is 121 Å². The maximum atomic E-state index is 8.68. The quantitative estimate of drug-likeness (QED) is 0.391. The summed E-state index contributed by atoms with van der Waals surface area (Å²) in [5.41, 5.74) is 6.82. The average molecular weight is 294 g/mol. The Bertz CT molecular complexity index is 650. The predicted molar refractivity (Wildman–Crippen MR) is 77.6 cm³/mol. The third kappa shape index (κ3) is 2.60. The highest BCUT2D eigenvalue weighted by Crippen LogP contribution is 2.23. The number of nitrogens with two attached hydrogens (primary N) is 1. The molecule has 1 aromatic heterocycles. The summed E-state index contributed by atoms with van der Waals surface area (Å²) in [5, 5.41) is 16.5. The zero-order chi connectivity index (χ0) is 14.7. The number of aromatic nitrogens is 3. The van der Waals surface area contributed by atoms with Crippen molar-refractivity contribution in [1.29, 1.82) is 0 Å². The lowest BCUT2D eigenvalue weighted by atomic mass is 10.2. The van der Waals surface area contributed by atoms with E-state index in [-0.39, 0.29) is 5.84 Å². The molecule has 6 nitrogen and oxygen atoms in total. The summed E-state index contributed by atoms with van der Waals surface area (Å²) >= 11 is 6.27. The van der Waals surface area contributed by atoms with E-state index >= 15 is 0 Å². The van der Waals surface area contributed by atoms with E-state index in [0.717, 1.165) is 30.2 Å². The molecule has 0 radical (unpaired) electrons. The molecule has 0 aliphatic heterocycles. The molecule has 0 saturated heterocycles. The average Bonchev–Trinajstić information content (AvgIpc) is 2.89. The lowest BCUT2D eigenvalue weighted by molar-refractivity contribution is 0.318. The predicted octanol–water partition coefficient (Wildman–Crippen LogP) is 2.14. The minimum Gasteiger partial charge on any atom is -0.409 e. The molecule has 0 spiro atoms. The Morgan fingerprint density at radius 1 is 1.40 bits per heavy atom. The molecule has 2 aromatic rings. The summed E-state index contributed by atoms with van der Waals surface area (Å²) in [7, 11) is 0. The van der Waals surface area contributed by atoms with Crippen molar-refractivity contribution in [3.8, 4) is 5.69 Å². The zero-order valence-corrected chi connectivity index (χ0v) is 12.1. The molecule has 3 N–H and O–H groups in total. The van der Waals surface area contributed by atoms with Gasteiger partial charge in [-0.3, -0.25) is 0 Å². The van der Waals surface area contributed by atoms with Gasteiger partial charge < -0.3 is 10.9 Å². The van der Waals surface area contributed by atoms with E-state index < -0.39 is 0 Å². The van der Waals surface area contributed by atoms with E-state index in [1.165, 1.54) is 0 Å². The molecule has 0 saturated carbocycles. The lowest BCUT2D eigenvalue weighted by Crippen LogP contribution is -2.13. The Morgan fingerprint density at radius 3 is 2.70 bits per heavy atom. The van der Waals surface area contributed by atoms with Crippen LogP contribution in [0, 0.1) is 0 Å². The van der Waals surface area contributed by atoms with E-state index in [1.807, 2.05) is 13.8 Å². The van der Waals surface area contributed by atoms with Crippen molar-refractivity contribution in [2.24, 2.45) is 10.9 Å². The van der Waals surface area contributed by atoms with Crippen LogP contribution in [0.3, 0.4) is 0 Å². The van der Waals surface area contributed by atoms with Gasteiger partial charge in [0.2, 0.25) is 0 Å². The first-order valence-electron chi connectivity index (χ1n) is 6.33. The minimum atomic E-state index is 0.0157. The highest BCUT2D eigenvalue weighted by atomic mass is 35.5. The van der Waals surface area contributed by atoms with E-state index in [9.17, 15) is 0 Å². The molecule has 2 rings (SSSR count). The number of aryl methyl sites for hydroxylation is 2. The van der Waals surface area contributed by atoms with Gasteiger partial charge in [-0.25, -0.2) is 9.67 Å². The SMILES string of the molecule is CCc1nc(CC)n(-c2ccc(C(N)=NO)cc2Cl)n1. The molecule has 0 bridgehead atoms. The molecular weight excluding hydrogens is 278 g/mol. The number of hydrogen-bond donors (Lipinski definition) is 2. The molecular formula is C13H16ClN5O. The molecule has 0 fully saturated rings. The fraction of sp³-hybridized carbons (Fsp3) is 0.308. The van der Waals surface area contributed by atoms with Gasteiger partial charge in [-0.2, -0.15) is 5.10 Å². The van der Waals surface area contributed by atoms with Crippen LogP contribution in [0.1, 0.15) is 31.1 Å². The molecule has 0 aliphatic rings. The molecule has 7 heteroatoms. The number of nitrogens with zero attached hydrogens (tertiary/aromatic N) is 4. The van der Waals surface area contributed by atoms with Crippen molar-refractivity contribution < 1.29 is 5.21 Å². The van der Waals surface area contributed by atoms with Crippen LogP contribution < -0.4 is 5.73 Å². The molecule has 0 amide bonds. The molecule has 1 heterocycles. The van der Waals surface area contributed by atoms with Crippen LogP contribution in [0.5, 0.6) is 0 Å². The van der Waals surface area contributed by atoms with Crippen LogP contribution >= 0.6 is 11.6 Å². The fourth-order valence-corrected chi connectivity index (χ4v) is 2.12. The van der Waals surface area contributed by atoms with Gasteiger partial charge in [0.05, 0.1) is 10.7 Å². The molecule has 0 unspecified atom stereocenters. The van der Waals surface area contributed by atoms with E-state index in [1.54, 1.807) is 22.9 Å². The Morgan fingerprint density at radius 2 is 2.15 bits per heavy atom. The Kier molecular flexibility index (Phi) is 4.24. The summed E-state index contributed by atoms with van der Waals surface area (Å²) in [5.74, 6) is 1.64. The van der Waals surface area contributed by atoms with Gasteiger partial charge >= 0.3 is 0 Å². The number of benzene rings is 1. The van der Waals surface area contributed by atoms with Gasteiger partial charge in [-0.15, -0.1) is 0 Å². The standard InChI is InChI=1S/C13H16ClN5O/c1-3-11-16-12(4-2)19(17-11)10-6-5-8(7-9(10)14)13(15)18-20/h5-7,20H,3-4H2,1-2H3,(H2,15,18). The van der Waals surface area contributed by atoms with Gasteiger partial charge in [0.1, 0.15) is 5.82 Å². The highest BCUT2D eigenvalue weighted by molar-refractivity contribution is 6.32. The number of rotatable bonds is 4. The van der Waals surface area contributed by atoms with Crippen molar-refractivity contribution in [1.82, 2.24) is 14.8 Å². The summed E-state index contributed by atoms with van der Waals surface area (Å²) < 4.78 is 1.73. The Balaban J connectivity index is 2.51. The third-order valence-corrected chi connectivity index (χ3v) is 3.23. The van der Waals surface area contributed by atoms with E-state index in [2.05, 4.69) is 15.2 Å². The largest absolute Gasteiger partial charge is 0.409 e. The Hall–Kier alpha value is -2.08. The van der Waals surface area contributed by atoms with E-state index in [4.69, 9.17) is 22.5 Å². The summed E-state index contributed by atoms with van der Waals surface area (Å²) in [6, 6.07) is 5.14. The number of halogens is 1. The van der Waals surface area contributed by atoms with Crippen LogP contribution in [0.15, 0.2) is 23.4 Å². The summed E-state index contributed by atoms with van der Waals surface area (Å²) in [6.07, 6.45) is 1.52. The normalized spacial score (nSPS) is 11.8. The highest BCUT2D eigenvalue weighted by Gasteiger charge is 2.13. The molecule has 20 heavy (non-hydrogen) atoms. The summed E-state index contributed by atoms with van der Waals surface area (Å²) in [6.45, 7) is 4.01. The van der Waals surface area contributed by atoms with Crippen LogP contribution in [0.2, 0.25) is 5.02 Å². The second-order valence-electron chi connectivity index (χ2n) is 4.21. The topological polar surface area (TPSA) is 89.3 Å². The van der Waals surface area contributed by atoms with Crippen molar-refractivity contribution in [3.05, 3.63) is 40.4 Å². The number of oxime groups is 1. The first kappa shape index (κ1) is 14.3. The van der Waals surface area contributed by atoms with Crippen LogP contribution in [-0.4, -0.2) is 25.8 Å². The molecule has 106 valence electrons. The molecule has 0 atom stereocenters. The van der Waals surface area contributed by atoms with Gasteiger partial charge in [0, 0.05) is 18.4 Å². The second-order valence-corrected chi connectivity index (χ2v) is 4.62. The van der Waals surface area contributed by atoms with Crippen molar-refractivity contribution in [2.75, 3.05) is 0 Å². The van der Waals surface area contributed by atoms with Gasteiger partial charge in [0.25, 0.3) is 0 Å². The summed E-state index contributed by atoms with van der Waals surface area (Å²) in [4.78, 5) is 4.44. The van der Waals surface area contributed by atoms with Crippen LogP contribution in [0.25, 0.3) is 5.69 Å². The fourth-order valence-electron chi connectivity index (χ4n) is 1.86. The van der Waals surface area contributed by atoms with Gasteiger partial charge in [-0.05, 0) is 18.2 Å². The maximum absolute atomic E-state index is 8.68. The second kappa shape index (κ2) is 5.92. The smallest absolute Gasteiger partial charge is 0.170 e. The van der Waals surface area contributed by atoms with Crippen molar-refractivity contribution >= 4 is 17.4 Å². The molecule has 1 aromatic carbocycles. The maximum Gasteiger partial charge on any atom is 0.170 e. The first-order chi connectivity index (χ1) is 9.60. The molecule has 0 aliphatic carbocycles. The number of amidine groups is 1. The van der Waals surface area contributed by atoms with Gasteiger partial charge in [0.15, 0.2) is 11.7 Å². The lowest BCUT2D eigenvalue weighted by Gasteiger charge is -2.08. The monoisotopic (exact) mass is 293 g/mol. The minimum absolute atomic E-state index is 0.0157.